The van der Waals surface area contributed by atoms with Gasteiger partial charge in [-0.25, -0.2) is 0 Å². The highest BCUT2D eigenvalue weighted by molar-refractivity contribution is 7.08. The number of carbonyl (C=O) groups excluding carboxylic acids is 1. The maximum absolute atomic E-state index is 11.9. The smallest absolute Gasteiger partial charge is 0.308 e. The Balaban J connectivity index is 2.69. The van der Waals surface area contributed by atoms with Crippen molar-refractivity contribution in [1.82, 2.24) is 4.90 Å². The minimum atomic E-state index is -0.887. The number of rotatable bonds is 4. The highest BCUT2D eigenvalue weighted by Crippen LogP contribution is 2.16. The number of carboxylic acid groups (broad SMARTS) is 1. The molecule has 0 aliphatic rings. The van der Waals surface area contributed by atoms with Crippen molar-refractivity contribution < 1.29 is 14.7 Å². The predicted octanol–water partition coefficient (Wildman–Crippen LogP) is 1.85. The Hall–Kier alpha value is -1.36. The molecular weight excluding hydrogens is 226 g/mol. The highest BCUT2D eigenvalue weighted by atomic mass is 32.1. The van der Waals surface area contributed by atoms with Crippen molar-refractivity contribution in [2.24, 2.45) is 5.92 Å². The van der Waals surface area contributed by atoms with Crippen LogP contribution in [0.1, 0.15) is 22.8 Å². The number of carbonyl (C=O) groups is 2. The van der Waals surface area contributed by atoms with Crippen LogP contribution in [0.2, 0.25) is 0 Å². The van der Waals surface area contributed by atoms with E-state index in [1.54, 1.807) is 19.4 Å². The van der Waals surface area contributed by atoms with E-state index in [0.717, 1.165) is 5.56 Å². The summed E-state index contributed by atoms with van der Waals surface area (Å²) in [6.45, 7) is 3.69. The van der Waals surface area contributed by atoms with Crippen LogP contribution in [-0.2, 0) is 4.79 Å². The summed E-state index contributed by atoms with van der Waals surface area (Å²) in [5.41, 5.74) is 1.59. The summed E-state index contributed by atoms with van der Waals surface area (Å²) in [7, 11) is 1.62. The predicted molar refractivity (Wildman–Crippen MR) is 62.8 cm³/mol. The first-order chi connectivity index (χ1) is 7.43. The van der Waals surface area contributed by atoms with Crippen molar-refractivity contribution in [1.29, 1.82) is 0 Å². The summed E-state index contributed by atoms with van der Waals surface area (Å²) >= 11 is 1.47. The summed E-state index contributed by atoms with van der Waals surface area (Å²) in [6.07, 6.45) is 0. The van der Waals surface area contributed by atoms with E-state index in [1.807, 2.05) is 12.3 Å². The summed E-state index contributed by atoms with van der Waals surface area (Å²) in [5, 5.41) is 12.5. The SMILES string of the molecule is Cc1cscc1C(=O)N(C)CC(C)C(=O)O. The van der Waals surface area contributed by atoms with Crippen LogP contribution in [-0.4, -0.2) is 35.5 Å². The third kappa shape index (κ3) is 2.82. The molecule has 0 aromatic carbocycles. The van der Waals surface area contributed by atoms with Crippen molar-refractivity contribution in [3.05, 3.63) is 21.9 Å². The Morgan fingerprint density at radius 1 is 1.50 bits per heavy atom. The zero-order chi connectivity index (χ0) is 12.3. The Morgan fingerprint density at radius 2 is 2.12 bits per heavy atom. The first kappa shape index (κ1) is 12.7. The monoisotopic (exact) mass is 241 g/mol. The van der Waals surface area contributed by atoms with Gasteiger partial charge in [0, 0.05) is 19.0 Å². The zero-order valence-corrected chi connectivity index (χ0v) is 10.4. The average molecular weight is 241 g/mol. The molecule has 1 rings (SSSR count). The fourth-order valence-corrected chi connectivity index (χ4v) is 2.18. The van der Waals surface area contributed by atoms with Gasteiger partial charge in [-0.15, -0.1) is 0 Å². The fraction of sp³-hybridized carbons (Fsp3) is 0.455. The molecule has 16 heavy (non-hydrogen) atoms. The first-order valence-corrected chi connectivity index (χ1v) is 5.88. The maximum Gasteiger partial charge on any atom is 0.308 e. The molecule has 1 N–H and O–H groups in total. The average Bonchev–Trinajstić information content (AvgIpc) is 2.62. The lowest BCUT2D eigenvalue weighted by Gasteiger charge is -2.19. The van der Waals surface area contributed by atoms with E-state index in [1.165, 1.54) is 16.2 Å². The molecule has 0 bridgehead atoms. The quantitative estimate of drug-likeness (QED) is 0.875. The minimum Gasteiger partial charge on any atom is -0.481 e. The van der Waals surface area contributed by atoms with Crippen LogP contribution in [0, 0.1) is 12.8 Å². The van der Waals surface area contributed by atoms with Gasteiger partial charge in [-0.1, -0.05) is 6.92 Å². The number of carboxylic acids is 1. The van der Waals surface area contributed by atoms with E-state index in [0.29, 0.717) is 5.56 Å². The molecule has 0 saturated carbocycles. The third-order valence-corrected chi connectivity index (χ3v) is 3.26. The number of hydrogen-bond acceptors (Lipinski definition) is 3. The van der Waals surface area contributed by atoms with E-state index in [-0.39, 0.29) is 12.5 Å². The van der Waals surface area contributed by atoms with Crippen molar-refractivity contribution in [2.45, 2.75) is 13.8 Å². The fourth-order valence-electron chi connectivity index (χ4n) is 1.36. The Morgan fingerprint density at radius 3 is 2.56 bits per heavy atom. The molecule has 1 aromatic rings. The van der Waals surface area contributed by atoms with Crippen LogP contribution >= 0.6 is 11.3 Å². The largest absolute Gasteiger partial charge is 0.481 e. The van der Waals surface area contributed by atoms with Crippen LogP contribution in [0.15, 0.2) is 10.8 Å². The number of amides is 1. The van der Waals surface area contributed by atoms with Crippen molar-refractivity contribution in [2.75, 3.05) is 13.6 Å². The van der Waals surface area contributed by atoms with Crippen LogP contribution in [0.4, 0.5) is 0 Å². The molecule has 0 spiro atoms. The zero-order valence-electron chi connectivity index (χ0n) is 9.56. The molecule has 4 nitrogen and oxygen atoms in total. The lowest BCUT2D eigenvalue weighted by atomic mass is 10.1. The van der Waals surface area contributed by atoms with Gasteiger partial charge in [0.2, 0.25) is 0 Å². The number of thiophene rings is 1. The van der Waals surface area contributed by atoms with Crippen LogP contribution in [0.5, 0.6) is 0 Å². The second-order valence-electron chi connectivity index (χ2n) is 3.89. The van der Waals surface area contributed by atoms with Gasteiger partial charge >= 0.3 is 5.97 Å². The lowest BCUT2D eigenvalue weighted by molar-refractivity contribution is -0.141. The third-order valence-electron chi connectivity index (χ3n) is 2.40. The van der Waals surface area contributed by atoms with Gasteiger partial charge in [-0.3, -0.25) is 9.59 Å². The van der Waals surface area contributed by atoms with Crippen molar-refractivity contribution in [3.8, 4) is 0 Å². The van der Waals surface area contributed by atoms with Crippen LogP contribution < -0.4 is 0 Å². The molecule has 0 radical (unpaired) electrons. The van der Waals surface area contributed by atoms with Gasteiger partial charge in [0.1, 0.15) is 0 Å². The minimum absolute atomic E-state index is 0.119. The van der Waals surface area contributed by atoms with Crippen molar-refractivity contribution >= 4 is 23.2 Å². The molecule has 0 saturated heterocycles. The number of aliphatic carboxylic acids is 1. The molecule has 0 fully saturated rings. The van der Waals surface area contributed by atoms with Gasteiger partial charge in [0.25, 0.3) is 5.91 Å². The molecule has 0 aliphatic heterocycles. The van der Waals surface area contributed by atoms with E-state index in [2.05, 4.69) is 0 Å². The standard InChI is InChI=1S/C11H15NO3S/c1-7(11(14)15)4-12(3)10(13)9-6-16-5-8(9)2/h5-7H,4H2,1-3H3,(H,14,15). The maximum atomic E-state index is 11.9. The molecular formula is C11H15NO3S. The number of nitrogens with zero attached hydrogens (tertiary/aromatic N) is 1. The van der Waals surface area contributed by atoms with E-state index in [4.69, 9.17) is 5.11 Å². The summed E-state index contributed by atoms with van der Waals surface area (Å²) in [6, 6.07) is 0. The second kappa shape index (κ2) is 5.12. The van der Waals surface area contributed by atoms with E-state index < -0.39 is 11.9 Å². The lowest BCUT2D eigenvalue weighted by Crippen LogP contribution is -2.33. The number of aryl methyl sites for hydroxylation is 1. The topological polar surface area (TPSA) is 57.6 Å². The molecule has 1 unspecified atom stereocenters. The van der Waals surface area contributed by atoms with Gasteiger partial charge in [-0.05, 0) is 17.9 Å². The van der Waals surface area contributed by atoms with Gasteiger partial charge in [-0.2, -0.15) is 11.3 Å². The molecule has 1 atom stereocenters. The van der Waals surface area contributed by atoms with E-state index >= 15 is 0 Å². The van der Waals surface area contributed by atoms with Crippen LogP contribution in [0.3, 0.4) is 0 Å². The number of hydrogen-bond donors (Lipinski definition) is 1. The summed E-state index contributed by atoms with van der Waals surface area (Å²) < 4.78 is 0. The summed E-state index contributed by atoms with van der Waals surface area (Å²) in [4.78, 5) is 24.1. The molecule has 1 aromatic heterocycles. The normalized spacial score (nSPS) is 12.2. The Kier molecular flexibility index (Phi) is 4.06. The molecule has 0 aliphatic carbocycles. The van der Waals surface area contributed by atoms with Gasteiger partial charge in [0.15, 0.2) is 0 Å². The Bertz CT molecular complexity index is 400. The molecule has 1 amide bonds. The van der Waals surface area contributed by atoms with E-state index in [9.17, 15) is 9.59 Å². The Labute approximate surface area is 98.5 Å². The van der Waals surface area contributed by atoms with Crippen LogP contribution in [0.25, 0.3) is 0 Å². The first-order valence-electron chi connectivity index (χ1n) is 4.94. The van der Waals surface area contributed by atoms with Crippen molar-refractivity contribution in [3.63, 3.8) is 0 Å². The van der Waals surface area contributed by atoms with Gasteiger partial charge < -0.3 is 10.0 Å². The molecule has 5 heteroatoms. The van der Waals surface area contributed by atoms with Gasteiger partial charge in [0.05, 0.1) is 11.5 Å². The molecule has 88 valence electrons. The summed E-state index contributed by atoms with van der Waals surface area (Å²) in [5.74, 6) is -1.55. The molecule has 1 heterocycles. The second-order valence-corrected chi connectivity index (χ2v) is 4.64. The highest BCUT2D eigenvalue weighted by Gasteiger charge is 2.19.